The highest BCUT2D eigenvalue weighted by Gasteiger charge is 2.39. The highest BCUT2D eigenvalue weighted by Crippen LogP contribution is 2.42. The summed E-state index contributed by atoms with van der Waals surface area (Å²) in [6.07, 6.45) is 1.68. The minimum Gasteiger partial charge on any atom is -0.389 e. The van der Waals surface area contributed by atoms with E-state index in [9.17, 15) is 5.11 Å². The Hall–Kier alpha value is 0.490. The molecule has 4 heteroatoms. The van der Waals surface area contributed by atoms with Gasteiger partial charge >= 0.3 is 0 Å². The monoisotopic (exact) mass is 320 g/mol. The Kier molecular flexibility index (Phi) is 3.75. The number of rotatable bonds is 2. The van der Waals surface area contributed by atoms with Crippen LogP contribution in [-0.2, 0) is 6.42 Å². The average Bonchev–Trinajstić information content (AvgIpc) is 2.48. The van der Waals surface area contributed by atoms with Gasteiger partial charge in [-0.25, -0.2) is 0 Å². The normalized spacial score (nSPS) is 29.2. The summed E-state index contributed by atoms with van der Waals surface area (Å²) in [5.41, 5.74) is -0.277. The first-order chi connectivity index (χ1) is 7.40. The van der Waals surface area contributed by atoms with E-state index in [1.807, 2.05) is 11.8 Å². The summed E-state index contributed by atoms with van der Waals surface area (Å²) >= 11 is 7.14. The van der Waals surface area contributed by atoms with E-state index in [-0.39, 0.29) is 5.41 Å². The highest BCUT2D eigenvalue weighted by atomic mass is 79.9. The molecule has 1 fully saturated rings. The molecule has 1 aromatic rings. The first-order valence-corrected chi connectivity index (χ1v) is 8.25. The largest absolute Gasteiger partial charge is 0.389 e. The van der Waals surface area contributed by atoms with Gasteiger partial charge in [0, 0.05) is 21.5 Å². The van der Waals surface area contributed by atoms with Crippen molar-refractivity contribution in [2.45, 2.75) is 32.3 Å². The number of thiophene rings is 1. The summed E-state index contributed by atoms with van der Waals surface area (Å²) < 4.78 is 1.14. The second-order valence-electron chi connectivity index (χ2n) is 5.43. The van der Waals surface area contributed by atoms with Gasteiger partial charge in [0.05, 0.1) is 5.60 Å². The fourth-order valence-electron chi connectivity index (χ4n) is 2.37. The number of hydrogen-bond acceptors (Lipinski definition) is 3. The molecule has 16 heavy (non-hydrogen) atoms. The van der Waals surface area contributed by atoms with Gasteiger partial charge in [-0.2, -0.15) is 11.8 Å². The van der Waals surface area contributed by atoms with E-state index in [4.69, 9.17) is 0 Å². The van der Waals surface area contributed by atoms with Crippen molar-refractivity contribution in [1.29, 1.82) is 0 Å². The molecule has 0 aliphatic carbocycles. The maximum Gasteiger partial charge on any atom is 0.0791 e. The minimum atomic E-state index is -0.528. The molecule has 90 valence electrons. The van der Waals surface area contributed by atoms with Crippen LogP contribution in [0.25, 0.3) is 0 Å². The molecular formula is C12H17BrOS2. The van der Waals surface area contributed by atoms with Crippen molar-refractivity contribution in [3.63, 3.8) is 0 Å². The van der Waals surface area contributed by atoms with Crippen LogP contribution in [0.3, 0.4) is 0 Å². The molecule has 0 spiro atoms. The lowest BCUT2D eigenvalue weighted by molar-refractivity contribution is 0.0206. The van der Waals surface area contributed by atoms with Gasteiger partial charge in [-0.1, -0.05) is 13.8 Å². The molecule has 1 N–H and O–H groups in total. The van der Waals surface area contributed by atoms with Crippen LogP contribution in [0.4, 0.5) is 0 Å². The van der Waals surface area contributed by atoms with Gasteiger partial charge in [0.15, 0.2) is 0 Å². The second kappa shape index (κ2) is 4.63. The Morgan fingerprint density at radius 1 is 1.44 bits per heavy atom. The highest BCUT2D eigenvalue weighted by molar-refractivity contribution is 9.10. The Morgan fingerprint density at radius 3 is 2.75 bits per heavy atom. The number of aliphatic hydroxyl groups is 1. The third kappa shape index (κ3) is 3.03. The van der Waals surface area contributed by atoms with Crippen LogP contribution in [0, 0.1) is 5.41 Å². The van der Waals surface area contributed by atoms with E-state index in [0.717, 1.165) is 28.8 Å². The maximum absolute atomic E-state index is 10.7. The molecule has 1 aliphatic heterocycles. The van der Waals surface area contributed by atoms with Crippen molar-refractivity contribution in [1.82, 2.24) is 0 Å². The number of halogens is 1. The molecule has 2 rings (SSSR count). The molecule has 1 aliphatic rings. The molecule has 1 atom stereocenters. The Balaban J connectivity index is 2.11. The van der Waals surface area contributed by atoms with Crippen molar-refractivity contribution in [3.05, 3.63) is 20.8 Å². The van der Waals surface area contributed by atoms with E-state index in [2.05, 4.69) is 41.2 Å². The van der Waals surface area contributed by atoms with Crippen LogP contribution in [0.5, 0.6) is 0 Å². The van der Waals surface area contributed by atoms with Crippen LogP contribution >= 0.6 is 39.0 Å². The predicted molar refractivity (Wildman–Crippen MR) is 76.4 cm³/mol. The standard InChI is InChI=1S/C12H17BrOS2/c1-11(2)6-12(14,8-15-7-11)5-10-9(13)3-4-16-10/h3-4,14H,5-8H2,1-2H3. The number of hydrogen-bond donors (Lipinski definition) is 1. The molecule has 0 aromatic carbocycles. The quantitative estimate of drug-likeness (QED) is 0.890. The van der Waals surface area contributed by atoms with Gasteiger partial charge in [0.2, 0.25) is 0 Å². The Labute approximate surface area is 114 Å². The smallest absolute Gasteiger partial charge is 0.0791 e. The minimum absolute atomic E-state index is 0.251. The van der Waals surface area contributed by atoms with Gasteiger partial charge in [0.25, 0.3) is 0 Å². The number of thioether (sulfide) groups is 1. The molecule has 1 nitrogen and oxygen atoms in total. The fraction of sp³-hybridized carbons (Fsp3) is 0.667. The summed E-state index contributed by atoms with van der Waals surface area (Å²) in [5, 5.41) is 12.7. The lowest BCUT2D eigenvalue weighted by Crippen LogP contribution is -2.44. The van der Waals surface area contributed by atoms with E-state index < -0.39 is 5.60 Å². The van der Waals surface area contributed by atoms with Gasteiger partial charge in [-0.05, 0) is 45.0 Å². The van der Waals surface area contributed by atoms with Crippen LogP contribution in [0.2, 0.25) is 0 Å². The topological polar surface area (TPSA) is 20.2 Å². The first kappa shape index (κ1) is 12.9. The Morgan fingerprint density at radius 2 is 2.19 bits per heavy atom. The molecule has 0 saturated carbocycles. The lowest BCUT2D eigenvalue weighted by atomic mass is 9.80. The SMILES string of the molecule is CC1(C)CSCC(O)(Cc2sccc2Br)C1. The zero-order valence-electron chi connectivity index (χ0n) is 9.62. The molecule has 0 radical (unpaired) electrons. The predicted octanol–water partition coefficient (Wildman–Crippen LogP) is 3.95. The summed E-state index contributed by atoms with van der Waals surface area (Å²) in [6, 6.07) is 2.06. The molecule has 0 amide bonds. The van der Waals surface area contributed by atoms with Crippen LogP contribution in [0.15, 0.2) is 15.9 Å². The zero-order chi connectivity index (χ0) is 11.8. The third-order valence-corrected chi connectivity index (χ3v) is 6.51. The van der Waals surface area contributed by atoms with E-state index in [1.165, 1.54) is 4.88 Å². The first-order valence-electron chi connectivity index (χ1n) is 5.42. The van der Waals surface area contributed by atoms with E-state index in [0.29, 0.717) is 0 Å². The molecule has 1 aromatic heterocycles. The summed E-state index contributed by atoms with van der Waals surface area (Å²) in [5.74, 6) is 2.02. The van der Waals surface area contributed by atoms with Gasteiger partial charge in [-0.15, -0.1) is 11.3 Å². The molecule has 0 bridgehead atoms. The third-order valence-electron chi connectivity index (χ3n) is 2.85. The van der Waals surface area contributed by atoms with Crippen molar-refractivity contribution >= 4 is 39.0 Å². The zero-order valence-corrected chi connectivity index (χ0v) is 12.8. The van der Waals surface area contributed by atoms with Crippen molar-refractivity contribution in [2.24, 2.45) is 5.41 Å². The van der Waals surface area contributed by atoms with Crippen molar-refractivity contribution in [3.8, 4) is 0 Å². The van der Waals surface area contributed by atoms with E-state index in [1.54, 1.807) is 11.3 Å². The maximum atomic E-state index is 10.7. The fourth-order valence-corrected chi connectivity index (χ4v) is 5.34. The van der Waals surface area contributed by atoms with E-state index >= 15 is 0 Å². The molecular weight excluding hydrogens is 304 g/mol. The van der Waals surface area contributed by atoms with Crippen molar-refractivity contribution in [2.75, 3.05) is 11.5 Å². The molecule has 1 unspecified atom stereocenters. The van der Waals surface area contributed by atoms with Crippen molar-refractivity contribution < 1.29 is 5.11 Å². The van der Waals surface area contributed by atoms with Gasteiger partial charge in [0.1, 0.15) is 0 Å². The average molecular weight is 321 g/mol. The van der Waals surface area contributed by atoms with Crippen LogP contribution < -0.4 is 0 Å². The molecule has 1 saturated heterocycles. The summed E-state index contributed by atoms with van der Waals surface area (Å²) in [6.45, 7) is 4.49. The lowest BCUT2D eigenvalue weighted by Gasteiger charge is -2.41. The summed E-state index contributed by atoms with van der Waals surface area (Å²) in [7, 11) is 0. The Bertz CT molecular complexity index is 375. The summed E-state index contributed by atoms with van der Waals surface area (Å²) in [4.78, 5) is 1.26. The van der Waals surface area contributed by atoms with Crippen LogP contribution in [-0.4, -0.2) is 22.2 Å². The van der Waals surface area contributed by atoms with Gasteiger partial charge in [-0.3, -0.25) is 0 Å². The van der Waals surface area contributed by atoms with Gasteiger partial charge < -0.3 is 5.11 Å². The molecule has 2 heterocycles. The second-order valence-corrected chi connectivity index (χ2v) is 8.27. The van der Waals surface area contributed by atoms with Crippen LogP contribution in [0.1, 0.15) is 25.1 Å².